The van der Waals surface area contributed by atoms with E-state index in [4.69, 9.17) is 10.5 Å². The summed E-state index contributed by atoms with van der Waals surface area (Å²) < 4.78 is 5.28. The monoisotopic (exact) mass is 184 g/mol. The maximum absolute atomic E-state index is 5.72. The lowest BCUT2D eigenvalue weighted by Crippen LogP contribution is -2.19. The van der Waals surface area contributed by atoms with Crippen LogP contribution in [0.15, 0.2) is 4.99 Å². The predicted molar refractivity (Wildman–Crippen MR) is 54.9 cm³/mol. The topological polar surface area (TPSA) is 47.6 Å². The summed E-state index contributed by atoms with van der Waals surface area (Å²) in [5.74, 6) is 1.86. The summed E-state index contributed by atoms with van der Waals surface area (Å²) >= 11 is 0. The van der Waals surface area contributed by atoms with Crippen LogP contribution in [0.1, 0.15) is 26.7 Å². The number of hydrogen-bond acceptors (Lipinski definition) is 2. The third-order valence-electron chi connectivity index (χ3n) is 2.45. The molecule has 1 aliphatic heterocycles. The van der Waals surface area contributed by atoms with Gasteiger partial charge in [0.25, 0.3) is 0 Å². The summed E-state index contributed by atoms with van der Waals surface area (Å²) in [5, 5.41) is 0. The van der Waals surface area contributed by atoms with Crippen molar-refractivity contribution in [2.24, 2.45) is 22.6 Å². The fraction of sp³-hybridized carbons (Fsp3) is 0.900. The summed E-state index contributed by atoms with van der Waals surface area (Å²) in [7, 11) is 0. The number of hydrogen-bond donors (Lipinski definition) is 1. The third kappa shape index (κ3) is 3.77. The number of aliphatic imine (C=N–C) groups is 1. The van der Waals surface area contributed by atoms with Gasteiger partial charge in [-0.25, -0.2) is 0 Å². The molecule has 1 fully saturated rings. The van der Waals surface area contributed by atoms with Gasteiger partial charge in [-0.05, 0) is 18.8 Å². The molecule has 0 radical (unpaired) electrons. The molecule has 0 aromatic rings. The van der Waals surface area contributed by atoms with E-state index in [0.29, 0.717) is 11.8 Å². The molecule has 0 amide bonds. The van der Waals surface area contributed by atoms with Crippen molar-refractivity contribution in [3.05, 3.63) is 0 Å². The lowest BCUT2D eigenvalue weighted by Gasteiger charge is -2.06. The molecule has 0 aliphatic carbocycles. The van der Waals surface area contributed by atoms with Crippen molar-refractivity contribution < 1.29 is 4.74 Å². The van der Waals surface area contributed by atoms with Crippen LogP contribution in [0.5, 0.6) is 0 Å². The molecular formula is C10H20N2O. The van der Waals surface area contributed by atoms with Gasteiger partial charge in [0, 0.05) is 25.7 Å². The standard InChI is InChI=1S/C10H20N2O/c1-8(2)10(11)12-5-3-9-4-6-13-7-9/h8-9H,3-7H2,1-2H3,(H2,11,12). The van der Waals surface area contributed by atoms with E-state index < -0.39 is 0 Å². The van der Waals surface area contributed by atoms with E-state index in [1.807, 2.05) is 0 Å². The smallest absolute Gasteiger partial charge is 0.0962 e. The maximum atomic E-state index is 5.72. The molecule has 3 heteroatoms. The van der Waals surface area contributed by atoms with Crippen molar-refractivity contribution >= 4 is 5.84 Å². The first-order chi connectivity index (χ1) is 6.20. The second-order valence-corrected chi connectivity index (χ2v) is 3.98. The van der Waals surface area contributed by atoms with Crippen LogP contribution < -0.4 is 5.73 Å². The fourth-order valence-corrected chi connectivity index (χ4v) is 1.37. The number of rotatable bonds is 4. The van der Waals surface area contributed by atoms with E-state index in [2.05, 4.69) is 18.8 Å². The van der Waals surface area contributed by atoms with Crippen LogP contribution in [0, 0.1) is 11.8 Å². The second-order valence-electron chi connectivity index (χ2n) is 3.98. The van der Waals surface area contributed by atoms with E-state index in [9.17, 15) is 0 Å². The highest BCUT2D eigenvalue weighted by Crippen LogP contribution is 2.15. The van der Waals surface area contributed by atoms with Crippen LogP contribution in [-0.4, -0.2) is 25.6 Å². The predicted octanol–water partition coefficient (Wildman–Crippen LogP) is 1.43. The average Bonchev–Trinajstić information content (AvgIpc) is 2.56. The second kappa shape index (κ2) is 5.22. The molecule has 2 N–H and O–H groups in total. The SMILES string of the molecule is CC(C)C(N)=NCCC1CCOC1. The highest BCUT2D eigenvalue weighted by Gasteiger charge is 2.14. The minimum Gasteiger partial charge on any atom is -0.387 e. The van der Waals surface area contributed by atoms with Crippen LogP contribution in [0.2, 0.25) is 0 Å². The van der Waals surface area contributed by atoms with Gasteiger partial charge >= 0.3 is 0 Å². The lowest BCUT2D eigenvalue weighted by molar-refractivity contribution is 0.184. The zero-order valence-corrected chi connectivity index (χ0v) is 8.62. The third-order valence-corrected chi connectivity index (χ3v) is 2.45. The molecule has 1 atom stereocenters. The van der Waals surface area contributed by atoms with Gasteiger partial charge in [0.15, 0.2) is 0 Å². The van der Waals surface area contributed by atoms with E-state index in [1.165, 1.54) is 6.42 Å². The van der Waals surface area contributed by atoms with Gasteiger partial charge in [-0.2, -0.15) is 0 Å². The molecule has 1 unspecified atom stereocenters. The summed E-state index contributed by atoms with van der Waals surface area (Å²) in [5.41, 5.74) is 5.72. The summed E-state index contributed by atoms with van der Waals surface area (Å²) in [6.07, 6.45) is 2.31. The molecule has 1 heterocycles. The first-order valence-electron chi connectivity index (χ1n) is 5.07. The van der Waals surface area contributed by atoms with Gasteiger partial charge in [-0.1, -0.05) is 13.8 Å². The van der Waals surface area contributed by atoms with Crippen molar-refractivity contribution in [2.75, 3.05) is 19.8 Å². The Morgan fingerprint density at radius 1 is 1.62 bits per heavy atom. The van der Waals surface area contributed by atoms with Crippen LogP contribution in [0.3, 0.4) is 0 Å². The normalized spacial score (nSPS) is 24.2. The molecule has 1 saturated heterocycles. The Hall–Kier alpha value is -0.570. The van der Waals surface area contributed by atoms with Gasteiger partial charge < -0.3 is 10.5 Å². The Morgan fingerprint density at radius 3 is 2.92 bits per heavy atom. The fourth-order valence-electron chi connectivity index (χ4n) is 1.37. The van der Waals surface area contributed by atoms with Gasteiger partial charge in [0.2, 0.25) is 0 Å². The molecule has 0 bridgehead atoms. The molecule has 0 spiro atoms. The lowest BCUT2D eigenvalue weighted by atomic mass is 10.1. The minimum atomic E-state index is 0.375. The Bertz CT molecular complexity index is 172. The van der Waals surface area contributed by atoms with Crippen LogP contribution >= 0.6 is 0 Å². The van der Waals surface area contributed by atoms with E-state index in [-0.39, 0.29) is 0 Å². The molecule has 3 nitrogen and oxygen atoms in total. The summed E-state index contributed by atoms with van der Waals surface area (Å²) in [4.78, 5) is 4.33. The molecule has 1 aliphatic rings. The number of ether oxygens (including phenoxy) is 1. The summed E-state index contributed by atoms with van der Waals surface area (Å²) in [6, 6.07) is 0. The highest BCUT2D eigenvalue weighted by molar-refractivity contribution is 5.82. The first kappa shape index (κ1) is 10.5. The quantitative estimate of drug-likeness (QED) is 0.530. The van der Waals surface area contributed by atoms with Crippen LogP contribution in [0.4, 0.5) is 0 Å². The van der Waals surface area contributed by atoms with E-state index in [1.54, 1.807) is 0 Å². The Morgan fingerprint density at radius 2 is 2.38 bits per heavy atom. The van der Waals surface area contributed by atoms with Crippen LogP contribution in [-0.2, 0) is 4.74 Å². The van der Waals surface area contributed by atoms with Crippen molar-refractivity contribution in [3.8, 4) is 0 Å². The van der Waals surface area contributed by atoms with Crippen molar-refractivity contribution in [1.82, 2.24) is 0 Å². The Labute approximate surface area is 80.4 Å². The molecule has 76 valence electrons. The highest BCUT2D eigenvalue weighted by atomic mass is 16.5. The first-order valence-corrected chi connectivity index (χ1v) is 5.07. The molecule has 1 rings (SSSR count). The largest absolute Gasteiger partial charge is 0.387 e. The zero-order chi connectivity index (χ0) is 9.68. The zero-order valence-electron chi connectivity index (χ0n) is 8.62. The van der Waals surface area contributed by atoms with Crippen molar-refractivity contribution in [2.45, 2.75) is 26.7 Å². The van der Waals surface area contributed by atoms with Crippen molar-refractivity contribution in [3.63, 3.8) is 0 Å². The number of nitrogens with two attached hydrogens (primary N) is 1. The Balaban J connectivity index is 2.15. The molecule has 0 aromatic carbocycles. The molecule has 0 saturated carbocycles. The minimum absolute atomic E-state index is 0.375. The molecular weight excluding hydrogens is 164 g/mol. The number of amidine groups is 1. The number of nitrogens with zero attached hydrogens (tertiary/aromatic N) is 1. The summed E-state index contributed by atoms with van der Waals surface area (Å²) in [6.45, 7) is 6.83. The van der Waals surface area contributed by atoms with Gasteiger partial charge in [-0.15, -0.1) is 0 Å². The Kier molecular flexibility index (Phi) is 4.22. The molecule has 13 heavy (non-hydrogen) atoms. The van der Waals surface area contributed by atoms with E-state index >= 15 is 0 Å². The van der Waals surface area contributed by atoms with Crippen LogP contribution in [0.25, 0.3) is 0 Å². The average molecular weight is 184 g/mol. The van der Waals surface area contributed by atoms with Gasteiger partial charge in [0.05, 0.1) is 5.84 Å². The molecule has 0 aromatic heterocycles. The van der Waals surface area contributed by atoms with Gasteiger partial charge in [0.1, 0.15) is 0 Å². The van der Waals surface area contributed by atoms with E-state index in [0.717, 1.165) is 32.0 Å². The maximum Gasteiger partial charge on any atom is 0.0962 e. The van der Waals surface area contributed by atoms with Crippen molar-refractivity contribution in [1.29, 1.82) is 0 Å². The van der Waals surface area contributed by atoms with Gasteiger partial charge in [-0.3, -0.25) is 4.99 Å².